The molecule has 0 saturated heterocycles. The van der Waals surface area contributed by atoms with Crippen molar-refractivity contribution >= 4 is 21.6 Å². The quantitative estimate of drug-likeness (QED) is 0.871. The SMILES string of the molecule is CC1CCCC(CNS(=O)(=O)c2ccc(Cl)c(CO)c2)C1. The molecule has 2 unspecified atom stereocenters. The first kappa shape index (κ1) is 16.7. The van der Waals surface area contributed by atoms with E-state index >= 15 is 0 Å². The predicted octanol–water partition coefficient (Wildman–Crippen LogP) is 2.94. The second-order valence-electron chi connectivity index (χ2n) is 5.90. The summed E-state index contributed by atoms with van der Waals surface area (Å²) >= 11 is 5.89. The highest BCUT2D eigenvalue weighted by molar-refractivity contribution is 7.89. The summed E-state index contributed by atoms with van der Waals surface area (Å²) < 4.78 is 27.3. The Morgan fingerprint density at radius 2 is 2.14 bits per heavy atom. The zero-order valence-electron chi connectivity index (χ0n) is 12.2. The van der Waals surface area contributed by atoms with Crippen LogP contribution < -0.4 is 4.72 Å². The van der Waals surface area contributed by atoms with Crippen LogP contribution in [-0.2, 0) is 16.6 Å². The van der Waals surface area contributed by atoms with Crippen molar-refractivity contribution in [1.29, 1.82) is 0 Å². The molecule has 0 heterocycles. The maximum atomic E-state index is 12.3. The maximum absolute atomic E-state index is 12.3. The summed E-state index contributed by atoms with van der Waals surface area (Å²) in [5, 5.41) is 9.54. The molecule has 0 aliphatic heterocycles. The summed E-state index contributed by atoms with van der Waals surface area (Å²) in [5.41, 5.74) is 0.422. The minimum atomic E-state index is -3.55. The number of halogens is 1. The van der Waals surface area contributed by atoms with E-state index in [4.69, 9.17) is 11.6 Å². The van der Waals surface area contributed by atoms with E-state index in [2.05, 4.69) is 11.6 Å². The molecular formula is C15H22ClNO3S. The van der Waals surface area contributed by atoms with Crippen LogP contribution in [0, 0.1) is 11.8 Å². The fourth-order valence-electron chi connectivity index (χ4n) is 2.90. The van der Waals surface area contributed by atoms with Crippen molar-refractivity contribution in [2.45, 2.75) is 44.1 Å². The maximum Gasteiger partial charge on any atom is 0.240 e. The molecule has 2 N–H and O–H groups in total. The van der Waals surface area contributed by atoms with Gasteiger partial charge < -0.3 is 5.11 Å². The molecule has 1 aromatic rings. The molecule has 1 fully saturated rings. The molecule has 2 rings (SSSR count). The summed E-state index contributed by atoms with van der Waals surface area (Å²) in [5.74, 6) is 1.08. The summed E-state index contributed by atoms with van der Waals surface area (Å²) in [4.78, 5) is 0.153. The van der Waals surface area contributed by atoms with Gasteiger partial charge in [-0.3, -0.25) is 0 Å². The van der Waals surface area contributed by atoms with Crippen LogP contribution in [0.15, 0.2) is 23.1 Å². The van der Waals surface area contributed by atoms with Gasteiger partial charge in [-0.25, -0.2) is 13.1 Å². The van der Waals surface area contributed by atoms with E-state index in [0.29, 0.717) is 29.0 Å². The molecule has 0 bridgehead atoms. The molecule has 0 aromatic heterocycles. The molecule has 0 radical (unpaired) electrons. The zero-order chi connectivity index (χ0) is 15.5. The third-order valence-corrected chi connectivity index (χ3v) is 5.89. The topological polar surface area (TPSA) is 66.4 Å². The Labute approximate surface area is 131 Å². The lowest BCUT2D eigenvalue weighted by atomic mass is 9.83. The Morgan fingerprint density at radius 3 is 2.81 bits per heavy atom. The van der Waals surface area contributed by atoms with Gasteiger partial charge in [-0.15, -0.1) is 0 Å². The van der Waals surface area contributed by atoms with E-state index in [1.54, 1.807) is 0 Å². The number of sulfonamides is 1. The number of aliphatic hydroxyl groups is 1. The number of hydrogen-bond acceptors (Lipinski definition) is 3. The van der Waals surface area contributed by atoms with Crippen molar-refractivity contribution in [2.75, 3.05) is 6.54 Å². The van der Waals surface area contributed by atoms with Gasteiger partial charge in [-0.05, 0) is 48.4 Å². The van der Waals surface area contributed by atoms with Crippen LogP contribution in [0.25, 0.3) is 0 Å². The highest BCUT2D eigenvalue weighted by atomic mass is 35.5. The number of benzene rings is 1. The molecule has 1 aromatic carbocycles. The minimum Gasteiger partial charge on any atom is -0.392 e. The third-order valence-electron chi connectivity index (χ3n) is 4.10. The molecule has 6 heteroatoms. The van der Waals surface area contributed by atoms with Crippen molar-refractivity contribution < 1.29 is 13.5 Å². The van der Waals surface area contributed by atoms with Gasteiger partial charge in [0.25, 0.3) is 0 Å². The predicted molar refractivity (Wildman–Crippen MR) is 83.7 cm³/mol. The first-order valence-corrected chi connectivity index (χ1v) is 9.17. The van der Waals surface area contributed by atoms with Crippen LogP contribution in [0.4, 0.5) is 0 Å². The fraction of sp³-hybridized carbons (Fsp3) is 0.600. The van der Waals surface area contributed by atoms with Crippen LogP contribution in [0.1, 0.15) is 38.2 Å². The minimum absolute atomic E-state index is 0.153. The highest BCUT2D eigenvalue weighted by Crippen LogP contribution is 2.28. The van der Waals surface area contributed by atoms with Gasteiger partial charge in [0.15, 0.2) is 0 Å². The monoisotopic (exact) mass is 331 g/mol. The van der Waals surface area contributed by atoms with Crippen molar-refractivity contribution in [3.8, 4) is 0 Å². The van der Waals surface area contributed by atoms with Gasteiger partial charge in [0.2, 0.25) is 10.0 Å². The van der Waals surface area contributed by atoms with Gasteiger partial charge in [0.05, 0.1) is 11.5 Å². The number of rotatable bonds is 5. The average Bonchev–Trinajstić information content (AvgIpc) is 2.46. The van der Waals surface area contributed by atoms with Crippen LogP contribution in [0.2, 0.25) is 5.02 Å². The summed E-state index contributed by atoms with van der Waals surface area (Å²) in [7, 11) is -3.55. The van der Waals surface area contributed by atoms with E-state index in [1.165, 1.54) is 31.0 Å². The molecule has 21 heavy (non-hydrogen) atoms. The van der Waals surface area contributed by atoms with E-state index < -0.39 is 10.0 Å². The largest absolute Gasteiger partial charge is 0.392 e. The van der Waals surface area contributed by atoms with Crippen LogP contribution >= 0.6 is 11.6 Å². The Hall–Kier alpha value is -0.620. The lowest BCUT2D eigenvalue weighted by Gasteiger charge is -2.26. The van der Waals surface area contributed by atoms with Gasteiger partial charge in [-0.2, -0.15) is 0 Å². The standard InChI is InChI=1S/C15H22ClNO3S/c1-11-3-2-4-12(7-11)9-17-21(19,20)14-5-6-15(16)13(8-14)10-18/h5-6,8,11-12,17-18H,2-4,7,9-10H2,1H3. The van der Waals surface area contributed by atoms with Crippen LogP contribution in [-0.4, -0.2) is 20.1 Å². The smallest absolute Gasteiger partial charge is 0.240 e. The lowest BCUT2D eigenvalue weighted by molar-refractivity contribution is 0.281. The van der Waals surface area contributed by atoms with Crippen molar-refractivity contribution in [2.24, 2.45) is 11.8 Å². The van der Waals surface area contributed by atoms with Crippen molar-refractivity contribution in [3.63, 3.8) is 0 Å². The number of nitrogens with one attached hydrogen (secondary N) is 1. The van der Waals surface area contributed by atoms with Gasteiger partial charge in [-0.1, -0.05) is 31.4 Å². The summed E-state index contributed by atoms with van der Waals surface area (Å²) in [6.45, 7) is 2.42. The molecular weight excluding hydrogens is 310 g/mol. The molecule has 0 amide bonds. The Bertz CT molecular complexity index is 589. The first-order valence-electron chi connectivity index (χ1n) is 7.31. The normalized spacial score (nSPS) is 23.2. The number of hydrogen-bond donors (Lipinski definition) is 2. The van der Waals surface area contributed by atoms with Crippen LogP contribution in [0.5, 0.6) is 0 Å². The van der Waals surface area contributed by atoms with Gasteiger partial charge in [0, 0.05) is 11.6 Å². The fourth-order valence-corrected chi connectivity index (χ4v) is 4.24. The number of aliphatic hydroxyl groups excluding tert-OH is 1. The molecule has 4 nitrogen and oxygen atoms in total. The van der Waals surface area contributed by atoms with E-state index in [9.17, 15) is 13.5 Å². The van der Waals surface area contributed by atoms with Gasteiger partial charge in [0.1, 0.15) is 0 Å². The third kappa shape index (κ3) is 4.42. The molecule has 2 atom stereocenters. The molecule has 1 saturated carbocycles. The lowest BCUT2D eigenvalue weighted by Crippen LogP contribution is -2.31. The molecule has 1 aliphatic carbocycles. The highest BCUT2D eigenvalue weighted by Gasteiger charge is 2.22. The average molecular weight is 332 g/mol. The molecule has 118 valence electrons. The molecule has 1 aliphatic rings. The van der Waals surface area contributed by atoms with E-state index in [0.717, 1.165) is 12.8 Å². The Kier molecular flexibility index (Phi) is 5.66. The van der Waals surface area contributed by atoms with Crippen molar-refractivity contribution in [1.82, 2.24) is 4.72 Å². The van der Waals surface area contributed by atoms with Crippen molar-refractivity contribution in [3.05, 3.63) is 28.8 Å². The summed E-state index contributed by atoms with van der Waals surface area (Å²) in [6.07, 6.45) is 4.56. The Balaban J connectivity index is 2.04. The Morgan fingerprint density at radius 1 is 1.38 bits per heavy atom. The second kappa shape index (κ2) is 7.09. The van der Waals surface area contributed by atoms with Crippen LogP contribution in [0.3, 0.4) is 0 Å². The van der Waals surface area contributed by atoms with E-state index in [-0.39, 0.29) is 11.5 Å². The molecule has 0 spiro atoms. The summed E-state index contributed by atoms with van der Waals surface area (Å²) in [6, 6.07) is 4.39. The second-order valence-corrected chi connectivity index (χ2v) is 8.08. The van der Waals surface area contributed by atoms with Gasteiger partial charge >= 0.3 is 0 Å². The first-order chi connectivity index (χ1) is 9.92. The van der Waals surface area contributed by atoms with E-state index in [1.807, 2.05) is 0 Å². The zero-order valence-corrected chi connectivity index (χ0v) is 13.8.